The quantitative estimate of drug-likeness (QED) is 0.711. The normalized spacial score (nSPS) is 15.6. The van der Waals surface area contributed by atoms with Gasteiger partial charge in [0, 0.05) is 18.0 Å². The summed E-state index contributed by atoms with van der Waals surface area (Å²) < 4.78 is 1.69. The van der Waals surface area contributed by atoms with Crippen molar-refractivity contribution in [3.8, 4) is 5.69 Å². The predicted octanol–water partition coefficient (Wildman–Crippen LogP) is 2.37. The van der Waals surface area contributed by atoms with Gasteiger partial charge in [0.1, 0.15) is 0 Å². The molecule has 3 aromatic rings. The van der Waals surface area contributed by atoms with Crippen molar-refractivity contribution in [1.29, 1.82) is 0 Å². The first-order chi connectivity index (χ1) is 13.1. The smallest absolute Gasteiger partial charge is 0.234 e. The Kier molecular flexibility index (Phi) is 4.96. The molecule has 0 fully saturated rings. The van der Waals surface area contributed by atoms with Gasteiger partial charge in [-0.05, 0) is 42.7 Å². The van der Waals surface area contributed by atoms with E-state index in [1.54, 1.807) is 16.4 Å². The summed E-state index contributed by atoms with van der Waals surface area (Å²) in [6, 6.07) is 14.3. The maximum absolute atomic E-state index is 12.6. The SMILES string of the molecule is Cc1ccc2c(c1)SC(C(=O)NCc1cccc(-n3cc(CN)nn3)c1)C2. The molecule has 0 spiro atoms. The molecule has 2 heterocycles. The van der Waals surface area contributed by atoms with Crippen molar-refractivity contribution >= 4 is 17.7 Å². The molecular weight excluding hydrogens is 358 g/mol. The Morgan fingerprint density at radius 3 is 3.04 bits per heavy atom. The number of aromatic nitrogens is 3. The van der Waals surface area contributed by atoms with Crippen LogP contribution < -0.4 is 11.1 Å². The Morgan fingerprint density at radius 1 is 1.33 bits per heavy atom. The third-order valence-electron chi connectivity index (χ3n) is 4.58. The van der Waals surface area contributed by atoms with Gasteiger partial charge in [-0.2, -0.15) is 0 Å². The molecule has 0 saturated heterocycles. The van der Waals surface area contributed by atoms with Crippen LogP contribution in [-0.2, 0) is 24.3 Å². The van der Waals surface area contributed by atoms with Gasteiger partial charge in [-0.1, -0.05) is 35.0 Å². The molecule has 0 bridgehead atoms. The molecule has 0 saturated carbocycles. The van der Waals surface area contributed by atoms with Gasteiger partial charge < -0.3 is 11.1 Å². The standard InChI is InChI=1S/C20H21N5OS/c1-13-5-6-15-9-19(27-18(15)7-13)20(26)22-11-14-3-2-4-17(8-14)25-12-16(10-21)23-24-25/h2-8,12,19H,9-11,21H2,1H3,(H,22,26). The molecule has 1 atom stereocenters. The molecule has 2 aromatic carbocycles. The van der Waals surface area contributed by atoms with Crippen LogP contribution in [0.5, 0.6) is 0 Å². The molecule has 1 aliphatic heterocycles. The van der Waals surface area contributed by atoms with E-state index in [-0.39, 0.29) is 11.2 Å². The van der Waals surface area contributed by atoms with Crippen LogP contribution >= 0.6 is 11.8 Å². The van der Waals surface area contributed by atoms with Crippen molar-refractivity contribution in [2.75, 3.05) is 0 Å². The van der Waals surface area contributed by atoms with E-state index < -0.39 is 0 Å². The molecular formula is C20H21N5OS. The molecule has 1 aromatic heterocycles. The zero-order valence-electron chi connectivity index (χ0n) is 15.1. The predicted molar refractivity (Wildman–Crippen MR) is 106 cm³/mol. The summed E-state index contributed by atoms with van der Waals surface area (Å²) in [4.78, 5) is 13.8. The zero-order chi connectivity index (χ0) is 18.8. The van der Waals surface area contributed by atoms with Gasteiger partial charge in [0.15, 0.2) is 0 Å². The first-order valence-electron chi connectivity index (χ1n) is 8.87. The third-order valence-corrected chi connectivity index (χ3v) is 5.88. The minimum atomic E-state index is -0.0626. The van der Waals surface area contributed by atoms with Gasteiger partial charge >= 0.3 is 0 Å². The summed E-state index contributed by atoms with van der Waals surface area (Å²) in [5.41, 5.74) is 10.7. The zero-order valence-corrected chi connectivity index (χ0v) is 15.9. The second-order valence-corrected chi connectivity index (χ2v) is 7.91. The van der Waals surface area contributed by atoms with Crippen LogP contribution in [0.4, 0.5) is 0 Å². The fourth-order valence-electron chi connectivity index (χ4n) is 3.11. The topological polar surface area (TPSA) is 85.8 Å². The van der Waals surface area contributed by atoms with E-state index in [1.165, 1.54) is 16.0 Å². The monoisotopic (exact) mass is 379 g/mol. The van der Waals surface area contributed by atoms with Crippen molar-refractivity contribution in [3.05, 3.63) is 71.0 Å². The summed E-state index contributed by atoms with van der Waals surface area (Å²) in [6.45, 7) is 2.92. The van der Waals surface area contributed by atoms with E-state index >= 15 is 0 Å². The number of nitrogens with zero attached hydrogens (tertiary/aromatic N) is 3. The Morgan fingerprint density at radius 2 is 2.22 bits per heavy atom. The van der Waals surface area contributed by atoms with E-state index in [4.69, 9.17) is 5.73 Å². The van der Waals surface area contributed by atoms with Crippen LogP contribution in [0.1, 0.15) is 22.4 Å². The number of fused-ring (bicyclic) bond motifs is 1. The van der Waals surface area contributed by atoms with Gasteiger partial charge in [0.05, 0.1) is 22.8 Å². The molecule has 7 heteroatoms. The van der Waals surface area contributed by atoms with Crippen LogP contribution in [0.25, 0.3) is 5.69 Å². The maximum atomic E-state index is 12.6. The second-order valence-electron chi connectivity index (χ2n) is 6.67. The molecule has 1 amide bonds. The molecule has 0 aliphatic carbocycles. The number of carbonyl (C=O) groups excluding carboxylic acids is 1. The summed E-state index contributed by atoms with van der Waals surface area (Å²) in [5.74, 6) is 0.0745. The van der Waals surface area contributed by atoms with Crippen LogP contribution in [-0.4, -0.2) is 26.2 Å². The second kappa shape index (κ2) is 7.54. The maximum Gasteiger partial charge on any atom is 0.234 e. The minimum absolute atomic E-state index is 0.0626. The highest BCUT2D eigenvalue weighted by atomic mass is 32.2. The fraction of sp³-hybridized carbons (Fsp3) is 0.250. The molecule has 3 N–H and O–H groups in total. The number of nitrogens with one attached hydrogen (secondary N) is 1. The Labute approximate surface area is 162 Å². The number of amides is 1. The average molecular weight is 379 g/mol. The van der Waals surface area contributed by atoms with Crippen molar-refractivity contribution in [2.24, 2.45) is 5.73 Å². The van der Waals surface area contributed by atoms with Crippen molar-refractivity contribution in [2.45, 2.75) is 36.6 Å². The molecule has 138 valence electrons. The molecule has 1 aliphatic rings. The van der Waals surface area contributed by atoms with Crippen molar-refractivity contribution < 1.29 is 4.79 Å². The summed E-state index contributed by atoms with van der Waals surface area (Å²) in [5, 5.41) is 11.1. The number of hydrogen-bond donors (Lipinski definition) is 2. The summed E-state index contributed by atoms with van der Waals surface area (Å²) >= 11 is 1.65. The Hall–Kier alpha value is -2.64. The number of rotatable bonds is 5. The first kappa shape index (κ1) is 17.8. The number of thioether (sulfide) groups is 1. The van der Waals surface area contributed by atoms with Crippen LogP contribution in [0.3, 0.4) is 0 Å². The lowest BCUT2D eigenvalue weighted by atomic mass is 10.1. The molecule has 0 radical (unpaired) electrons. The number of carbonyl (C=O) groups is 1. The van der Waals surface area contributed by atoms with Gasteiger partial charge in [0.2, 0.25) is 5.91 Å². The van der Waals surface area contributed by atoms with Gasteiger partial charge in [-0.3, -0.25) is 4.79 Å². The molecule has 1 unspecified atom stereocenters. The fourth-order valence-corrected chi connectivity index (χ4v) is 4.43. The Bertz CT molecular complexity index is 984. The highest BCUT2D eigenvalue weighted by Gasteiger charge is 2.28. The van der Waals surface area contributed by atoms with Gasteiger partial charge in [-0.15, -0.1) is 16.9 Å². The van der Waals surface area contributed by atoms with E-state index in [0.29, 0.717) is 13.1 Å². The van der Waals surface area contributed by atoms with E-state index in [0.717, 1.165) is 23.4 Å². The number of benzene rings is 2. The largest absolute Gasteiger partial charge is 0.351 e. The highest BCUT2D eigenvalue weighted by molar-refractivity contribution is 8.01. The molecule has 6 nitrogen and oxygen atoms in total. The van der Waals surface area contributed by atoms with E-state index in [2.05, 4.69) is 40.8 Å². The number of hydrogen-bond acceptors (Lipinski definition) is 5. The lowest BCUT2D eigenvalue weighted by Gasteiger charge is -2.11. The lowest BCUT2D eigenvalue weighted by molar-refractivity contribution is -0.120. The number of nitrogens with two attached hydrogens (primary N) is 1. The molecule has 4 rings (SSSR count). The Balaban J connectivity index is 1.39. The van der Waals surface area contributed by atoms with Crippen LogP contribution in [0.15, 0.2) is 53.6 Å². The third kappa shape index (κ3) is 3.89. The van der Waals surface area contributed by atoms with E-state index in [1.807, 2.05) is 30.5 Å². The van der Waals surface area contributed by atoms with Crippen molar-refractivity contribution in [1.82, 2.24) is 20.3 Å². The van der Waals surface area contributed by atoms with E-state index in [9.17, 15) is 4.79 Å². The molecule has 27 heavy (non-hydrogen) atoms. The lowest BCUT2D eigenvalue weighted by Crippen LogP contribution is -2.32. The first-order valence-corrected chi connectivity index (χ1v) is 9.75. The number of aryl methyl sites for hydroxylation is 1. The van der Waals surface area contributed by atoms with Crippen molar-refractivity contribution in [3.63, 3.8) is 0 Å². The summed E-state index contributed by atoms with van der Waals surface area (Å²) in [6.07, 6.45) is 2.60. The van der Waals surface area contributed by atoms with Gasteiger partial charge in [-0.25, -0.2) is 4.68 Å². The average Bonchev–Trinajstić information content (AvgIpc) is 3.33. The van der Waals surface area contributed by atoms with Crippen LogP contribution in [0, 0.1) is 6.92 Å². The summed E-state index contributed by atoms with van der Waals surface area (Å²) in [7, 11) is 0. The van der Waals surface area contributed by atoms with Crippen LogP contribution in [0.2, 0.25) is 0 Å². The minimum Gasteiger partial charge on any atom is -0.351 e. The van der Waals surface area contributed by atoms with Gasteiger partial charge in [0.25, 0.3) is 0 Å². The highest BCUT2D eigenvalue weighted by Crippen LogP contribution is 2.37.